The van der Waals surface area contributed by atoms with Gasteiger partial charge in [0, 0.05) is 37.3 Å². The summed E-state index contributed by atoms with van der Waals surface area (Å²) in [6, 6.07) is 18.1. The van der Waals surface area contributed by atoms with Crippen LogP contribution < -0.4 is 25.7 Å². The van der Waals surface area contributed by atoms with Gasteiger partial charge in [-0.3, -0.25) is 19.7 Å². The highest BCUT2D eigenvalue weighted by Gasteiger charge is 2.34. The number of amides is 1. The molecule has 0 spiro atoms. The average molecular weight is 658 g/mol. The number of carbonyl (C=O) groups is 1. The van der Waals surface area contributed by atoms with Crippen molar-refractivity contribution in [3.05, 3.63) is 98.5 Å². The molecule has 47 heavy (non-hydrogen) atoms. The summed E-state index contributed by atoms with van der Waals surface area (Å²) in [5.74, 6) is 0.416. The minimum Gasteiger partial charge on any atom is -0.480 e. The van der Waals surface area contributed by atoms with E-state index in [1.807, 2.05) is 6.07 Å². The Balaban J connectivity index is 1.23. The van der Waals surface area contributed by atoms with Gasteiger partial charge in [-0.1, -0.05) is 18.2 Å². The maximum absolute atomic E-state index is 13.7. The minimum atomic E-state index is -4.38. The van der Waals surface area contributed by atoms with Crippen molar-refractivity contribution in [2.45, 2.75) is 55.8 Å². The number of nitro groups is 1. The first kappa shape index (κ1) is 31.8. The molecule has 1 saturated carbocycles. The fourth-order valence-electron chi connectivity index (χ4n) is 6.20. The molecule has 2 aromatic heterocycles. The minimum absolute atomic E-state index is 0.0412. The Labute approximate surface area is 269 Å². The SMILES string of the molecule is N#Cc1ccc2ccc(=O)n(CC(NS(=O)(=O)c3ccccc3[N+](=O)[O-])C3CCC(NCc4ccc5c(n4)NC(=O)CO5)CC3)c2c1. The Morgan fingerprint density at radius 1 is 1.09 bits per heavy atom. The van der Waals surface area contributed by atoms with Gasteiger partial charge in [-0.05, 0) is 73.4 Å². The summed E-state index contributed by atoms with van der Waals surface area (Å²) in [7, 11) is -4.38. The van der Waals surface area contributed by atoms with Crippen LogP contribution in [-0.4, -0.2) is 47.5 Å². The zero-order valence-corrected chi connectivity index (χ0v) is 25.9. The number of hydrogen-bond donors (Lipinski definition) is 3. The van der Waals surface area contributed by atoms with E-state index in [4.69, 9.17) is 4.74 Å². The first-order valence-electron chi connectivity index (χ1n) is 15.1. The second kappa shape index (κ2) is 13.3. The van der Waals surface area contributed by atoms with Crippen LogP contribution in [-0.2, 0) is 27.9 Å². The van der Waals surface area contributed by atoms with Gasteiger partial charge in [-0.2, -0.15) is 5.26 Å². The number of nitro benzene ring substituents is 1. The smallest absolute Gasteiger partial charge is 0.289 e. The lowest BCUT2D eigenvalue weighted by atomic mass is 9.81. The fourth-order valence-corrected chi connectivity index (χ4v) is 7.67. The van der Waals surface area contributed by atoms with Crippen LogP contribution in [0.4, 0.5) is 11.5 Å². The van der Waals surface area contributed by atoms with Crippen molar-refractivity contribution in [1.82, 2.24) is 19.6 Å². The van der Waals surface area contributed by atoms with Gasteiger partial charge in [-0.15, -0.1) is 0 Å². The number of ether oxygens (including phenoxy) is 1. The Hall–Kier alpha value is -5.17. The molecule has 6 rings (SSSR count). The van der Waals surface area contributed by atoms with Crippen molar-refractivity contribution >= 4 is 38.3 Å². The van der Waals surface area contributed by atoms with Crippen molar-refractivity contribution in [2.75, 3.05) is 11.9 Å². The number of hydrogen-bond acceptors (Lipinski definition) is 10. The number of sulfonamides is 1. The monoisotopic (exact) mass is 657 g/mol. The summed E-state index contributed by atoms with van der Waals surface area (Å²) >= 11 is 0. The third-order valence-electron chi connectivity index (χ3n) is 8.60. The topological polar surface area (TPSA) is 198 Å². The van der Waals surface area contributed by atoms with Gasteiger partial charge in [0.1, 0.15) is 0 Å². The van der Waals surface area contributed by atoms with Crippen molar-refractivity contribution in [3.63, 3.8) is 0 Å². The number of para-hydroxylation sites is 1. The summed E-state index contributed by atoms with van der Waals surface area (Å²) < 4.78 is 36.9. The van der Waals surface area contributed by atoms with Crippen molar-refractivity contribution < 1.29 is 22.9 Å². The second-order valence-electron chi connectivity index (χ2n) is 11.6. The van der Waals surface area contributed by atoms with Gasteiger partial charge in [0.15, 0.2) is 23.1 Å². The van der Waals surface area contributed by atoms with Gasteiger partial charge < -0.3 is 19.9 Å². The van der Waals surface area contributed by atoms with Gasteiger partial charge in [0.2, 0.25) is 10.0 Å². The lowest BCUT2D eigenvalue weighted by Crippen LogP contribution is -2.47. The van der Waals surface area contributed by atoms with Crippen LogP contribution in [0.1, 0.15) is 36.9 Å². The van der Waals surface area contributed by atoms with Crippen molar-refractivity contribution in [2.24, 2.45) is 5.92 Å². The number of fused-ring (bicyclic) bond motifs is 2. The van der Waals surface area contributed by atoms with E-state index in [-0.39, 0.29) is 36.6 Å². The highest BCUT2D eigenvalue weighted by Crippen LogP contribution is 2.31. The van der Waals surface area contributed by atoms with Crippen LogP contribution in [0, 0.1) is 27.4 Å². The third kappa shape index (κ3) is 6.99. The lowest BCUT2D eigenvalue weighted by molar-refractivity contribution is -0.387. The van der Waals surface area contributed by atoms with Crippen molar-refractivity contribution in [1.29, 1.82) is 5.26 Å². The molecule has 3 heterocycles. The first-order chi connectivity index (χ1) is 22.6. The Kier molecular flexibility index (Phi) is 8.99. The zero-order valence-electron chi connectivity index (χ0n) is 25.1. The molecule has 0 bridgehead atoms. The van der Waals surface area contributed by atoms with E-state index in [0.29, 0.717) is 60.3 Å². The summed E-state index contributed by atoms with van der Waals surface area (Å²) in [5.41, 5.74) is 0.648. The number of nitrogens with one attached hydrogen (secondary N) is 3. The molecule has 1 aliphatic carbocycles. The molecule has 0 saturated heterocycles. The highest BCUT2D eigenvalue weighted by atomic mass is 32.2. The zero-order chi connectivity index (χ0) is 33.1. The molecule has 0 radical (unpaired) electrons. The molecule has 15 heteroatoms. The average Bonchev–Trinajstić information content (AvgIpc) is 3.07. The number of nitriles is 1. The first-order valence-corrected chi connectivity index (χ1v) is 16.5. The molecule has 1 atom stereocenters. The van der Waals surface area contributed by atoms with E-state index in [1.165, 1.54) is 28.8 Å². The number of benzene rings is 2. The number of rotatable bonds is 10. The Morgan fingerprint density at radius 3 is 2.62 bits per heavy atom. The van der Waals surface area contributed by atoms with Crippen molar-refractivity contribution in [3.8, 4) is 11.8 Å². The van der Waals surface area contributed by atoms with Crippen LogP contribution in [0.3, 0.4) is 0 Å². The van der Waals surface area contributed by atoms with Gasteiger partial charge in [0.05, 0.1) is 27.8 Å². The number of anilines is 1. The molecule has 1 aliphatic heterocycles. The molecular weight excluding hydrogens is 626 g/mol. The predicted octanol–water partition coefficient (Wildman–Crippen LogP) is 3.20. The molecule has 3 N–H and O–H groups in total. The van der Waals surface area contributed by atoms with E-state index in [1.54, 1.807) is 30.3 Å². The summed E-state index contributed by atoms with van der Waals surface area (Å²) in [6.45, 7) is 0.351. The number of aromatic nitrogens is 2. The van der Waals surface area contributed by atoms with E-state index in [2.05, 4.69) is 26.4 Å². The Bertz CT molecular complexity index is 2070. The summed E-state index contributed by atoms with van der Waals surface area (Å²) in [6.07, 6.45) is 2.60. The second-order valence-corrected chi connectivity index (χ2v) is 13.3. The Morgan fingerprint density at radius 2 is 1.85 bits per heavy atom. The van der Waals surface area contributed by atoms with E-state index < -0.39 is 31.6 Å². The molecule has 1 amide bonds. The molecule has 4 aromatic rings. The number of pyridine rings is 2. The lowest BCUT2D eigenvalue weighted by Gasteiger charge is -2.35. The predicted molar refractivity (Wildman–Crippen MR) is 171 cm³/mol. The van der Waals surface area contributed by atoms with Gasteiger partial charge >= 0.3 is 0 Å². The third-order valence-corrected chi connectivity index (χ3v) is 10.1. The van der Waals surface area contributed by atoms with Crippen LogP contribution in [0.2, 0.25) is 0 Å². The standard InChI is InChI=1S/C32H31N7O7S/c33-16-20-5-6-22-9-14-31(41)38(27(22)15-20)18-25(37-47(44,45)29-4-2-1-3-26(29)39(42)43)21-7-10-23(11-8-21)34-17-24-12-13-28-32(35-24)36-30(40)19-46-28/h1-6,9,12-15,21,23,25,34,37H,7-8,10-11,17-19H2,(H,35,36,40). The summed E-state index contributed by atoms with van der Waals surface area (Å²) in [4.78, 5) is 39.8. The van der Waals surface area contributed by atoms with E-state index in [9.17, 15) is 33.4 Å². The maximum atomic E-state index is 13.7. The fraction of sp³-hybridized carbons (Fsp3) is 0.312. The summed E-state index contributed by atoms with van der Waals surface area (Å²) in [5, 5.41) is 28.1. The van der Waals surface area contributed by atoms with Crippen LogP contribution in [0.15, 0.2) is 76.4 Å². The van der Waals surface area contributed by atoms with Gasteiger partial charge in [0.25, 0.3) is 17.2 Å². The highest BCUT2D eigenvalue weighted by molar-refractivity contribution is 7.89. The van der Waals surface area contributed by atoms with E-state index >= 15 is 0 Å². The van der Waals surface area contributed by atoms with E-state index in [0.717, 1.165) is 11.8 Å². The largest absolute Gasteiger partial charge is 0.480 e. The number of carbonyl (C=O) groups excluding carboxylic acids is 1. The molecule has 1 fully saturated rings. The van der Waals surface area contributed by atoms with Crippen LogP contribution >= 0.6 is 0 Å². The molecule has 2 aromatic carbocycles. The molecule has 14 nitrogen and oxygen atoms in total. The maximum Gasteiger partial charge on any atom is 0.289 e. The van der Waals surface area contributed by atoms with Crippen LogP contribution in [0.5, 0.6) is 5.75 Å². The molecule has 2 aliphatic rings. The normalized spacial score (nSPS) is 18.4. The molecule has 242 valence electrons. The van der Waals surface area contributed by atoms with Gasteiger partial charge in [-0.25, -0.2) is 18.1 Å². The molecule has 1 unspecified atom stereocenters. The quantitative estimate of drug-likeness (QED) is 0.168. The molecular formula is C32H31N7O7S. The van der Waals surface area contributed by atoms with Crippen LogP contribution in [0.25, 0.3) is 10.9 Å². The number of nitrogens with zero attached hydrogens (tertiary/aromatic N) is 4.